The minimum absolute atomic E-state index is 0.0141. The second-order valence-corrected chi connectivity index (χ2v) is 8.30. The number of methoxy groups -OCH3 is 2. The minimum Gasteiger partial charge on any atom is -0.497 e. The molecule has 0 unspecified atom stereocenters. The lowest BCUT2D eigenvalue weighted by Gasteiger charge is -2.09. The summed E-state index contributed by atoms with van der Waals surface area (Å²) >= 11 is 13.1. The van der Waals surface area contributed by atoms with Gasteiger partial charge in [0.05, 0.1) is 24.3 Å². The molecule has 10 nitrogen and oxygen atoms in total. The molecule has 0 bridgehead atoms. The smallest absolute Gasteiger partial charge is 0.342 e. The average molecular weight is 526 g/mol. The highest BCUT2D eigenvalue weighted by Gasteiger charge is 2.17. The molecule has 3 rings (SSSR count). The van der Waals surface area contributed by atoms with E-state index in [4.69, 9.17) is 42.5 Å². The van der Waals surface area contributed by atoms with Crippen molar-refractivity contribution in [3.63, 3.8) is 0 Å². The van der Waals surface area contributed by atoms with Crippen LogP contribution in [0.15, 0.2) is 40.4 Å². The van der Waals surface area contributed by atoms with E-state index in [1.807, 2.05) is 0 Å². The van der Waals surface area contributed by atoms with Crippen LogP contribution >= 0.6 is 35.0 Å². The van der Waals surface area contributed by atoms with E-state index in [2.05, 4.69) is 15.2 Å². The second-order valence-electron chi connectivity index (χ2n) is 6.48. The molecule has 0 amide bonds. The van der Waals surface area contributed by atoms with Gasteiger partial charge in [-0.15, -0.1) is 5.10 Å². The quantitative estimate of drug-likeness (QED) is 0.256. The number of carboxylic acid groups (broad SMARTS) is 2. The number of aromatic amines is 1. The minimum atomic E-state index is -1.22. The fraction of sp³-hybridized carbons (Fsp3) is 0.143. The summed E-state index contributed by atoms with van der Waals surface area (Å²) in [5.74, 6) is -0.946. The van der Waals surface area contributed by atoms with Crippen LogP contribution in [0.25, 0.3) is 17.5 Å². The van der Waals surface area contributed by atoms with Crippen LogP contribution < -0.4 is 14.2 Å². The largest absolute Gasteiger partial charge is 0.497 e. The summed E-state index contributed by atoms with van der Waals surface area (Å²) in [6.45, 7) is -0.628. The van der Waals surface area contributed by atoms with E-state index in [1.54, 1.807) is 18.2 Å². The van der Waals surface area contributed by atoms with E-state index in [1.165, 1.54) is 32.4 Å². The third-order valence-electron chi connectivity index (χ3n) is 4.16. The number of thioether (sulfide) groups is 1. The molecule has 34 heavy (non-hydrogen) atoms. The van der Waals surface area contributed by atoms with Gasteiger partial charge < -0.3 is 24.4 Å². The van der Waals surface area contributed by atoms with E-state index < -0.39 is 18.5 Å². The Balaban J connectivity index is 1.86. The van der Waals surface area contributed by atoms with Crippen molar-refractivity contribution in [1.29, 1.82) is 0 Å². The van der Waals surface area contributed by atoms with Gasteiger partial charge in [-0.05, 0) is 47.7 Å². The van der Waals surface area contributed by atoms with Gasteiger partial charge >= 0.3 is 11.9 Å². The molecule has 0 aliphatic rings. The number of aliphatic carboxylic acids is 2. The lowest BCUT2D eigenvalue weighted by molar-refractivity contribution is -0.139. The molecule has 3 N–H and O–H groups in total. The first-order valence-electron chi connectivity index (χ1n) is 9.32. The standard InChI is InChI=1S/C21H17Cl2N3O7S/c1-31-12-6-11(7-13(8-12)32-2)19-24-21(26-25-19)34-16(20(29)30)5-10-3-14(22)18(15(23)4-10)33-9-17(27)28/h3-8H,9H2,1-2H3,(H,27,28)(H,29,30)(H,24,25,26)/b16-5-. The van der Waals surface area contributed by atoms with Gasteiger partial charge in [0.2, 0.25) is 5.16 Å². The zero-order chi connectivity index (χ0) is 24.8. The van der Waals surface area contributed by atoms with Gasteiger partial charge in [0.1, 0.15) is 16.4 Å². The molecule has 0 saturated heterocycles. The first-order valence-corrected chi connectivity index (χ1v) is 10.9. The molecule has 0 spiro atoms. The summed E-state index contributed by atoms with van der Waals surface area (Å²) in [6.07, 6.45) is 1.33. The van der Waals surface area contributed by atoms with Gasteiger partial charge in [-0.1, -0.05) is 23.2 Å². The molecule has 0 radical (unpaired) electrons. The number of nitrogens with one attached hydrogen (secondary N) is 1. The Bertz CT molecular complexity index is 1220. The fourth-order valence-electron chi connectivity index (χ4n) is 2.68. The zero-order valence-electron chi connectivity index (χ0n) is 17.7. The highest BCUT2D eigenvalue weighted by atomic mass is 35.5. The molecule has 0 aliphatic carbocycles. The Hall–Kier alpha value is -3.41. The Morgan fingerprint density at radius 2 is 1.68 bits per heavy atom. The molecular formula is C21H17Cl2N3O7S. The number of halogens is 2. The number of rotatable bonds is 10. The maximum absolute atomic E-state index is 11.8. The predicted molar refractivity (Wildman–Crippen MR) is 126 cm³/mol. The molecule has 0 fully saturated rings. The lowest BCUT2D eigenvalue weighted by atomic mass is 10.2. The maximum Gasteiger partial charge on any atom is 0.342 e. The van der Waals surface area contributed by atoms with Gasteiger partial charge in [-0.25, -0.2) is 14.6 Å². The molecule has 178 valence electrons. The van der Waals surface area contributed by atoms with Crippen molar-refractivity contribution in [1.82, 2.24) is 15.2 Å². The molecule has 0 aliphatic heterocycles. The summed E-state index contributed by atoms with van der Waals surface area (Å²) in [4.78, 5) is 26.7. The van der Waals surface area contributed by atoms with Gasteiger partial charge in [0, 0.05) is 11.6 Å². The Morgan fingerprint density at radius 3 is 2.21 bits per heavy atom. The van der Waals surface area contributed by atoms with Crippen LogP contribution in [-0.2, 0) is 9.59 Å². The lowest BCUT2D eigenvalue weighted by Crippen LogP contribution is -2.10. The van der Waals surface area contributed by atoms with Crippen molar-refractivity contribution < 1.29 is 34.0 Å². The van der Waals surface area contributed by atoms with Gasteiger partial charge in [-0.2, -0.15) is 0 Å². The second kappa shape index (κ2) is 11.1. The maximum atomic E-state index is 11.8. The fourth-order valence-corrected chi connectivity index (χ4v) is 4.00. The first-order chi connectivity index (χ1) is 16.2. The summed E-state index contributed by atoms with van der Waals surface area (Å²) in [6, 6.07) is 7.96. The monoisotopic (exact) mass is 525 g/mol. The van der Waals surface area contributed by atoms with E-state index in [-0.39, 0.29) is 25.9 Å². The third kappa shape index (κ3) is 6.34. The molecular weight excluding hydrogens is 509 g/mol. The molecule has 1 aromatic heterocycles. The molecule has 3 aromatic rings. The zero-order valence-corrected chi connectivity index (χ0v) is 20.0. The van der Waals surface area contributed by atoms with Crippen LogP contribution in [0.2, 0.25) is 10.0 Å². The first kappa shape index (κ1) is 25.2. The van der Waals surface area contributed by atoms with E-state index in [9.17, 15) is 14.7 Å². The van der Waals surface area contributed by atoms with Crippen molar-refractivity contribution in [3.05, 3.63) is 50.8 Å². The number of benzene rings is 2. The number of ether oxygens (including phenoxy) is 3. The number of hydrogen-bond donors (Lipinski definition) is 3. The third-order valence-corrected chi connectivity index (χ3v) is 5.60. The molecule has 1 heterocycles. The molecule has 0 atom stereocenters. The van der Waals surface area contributed by atoms with Crippen molar-refractivity contribution in [2.45, 2.75) is 5.16 Å². The number of aromatic nitrogens is 3. The van der Waals surface area contributed by atoms with Crippen LogP contribution in [0, 0.1) is 0 Å². The number of H-pyrrole nitrogens is 1. The van der Waals surface area contributed by atoms with Crippen LogP contribution in [0.3, 0.4) is 0 Å². The van der Waals surface area contributed by atoms with Crippen LogP contribution in [-0.4, -0.2) is 58.2 Å². The van der Waals surface area contributed by atoms with Crippen molar-refractivity contribution in [2.75, 3.05) is 20.8 Å². The number of hydrogen-bond acceptors (Lipinski definition) is 8. The predicted octanol–water partition coefficient (Wildman–Crippen LogP) is 4.48. The normalized spacial score (nSPS) is 11.2. The van der Waals surface area contributed by atoms with Crippen molar-refractivity contribution in [2.24, 2.45) is 0 Å². The Labute approximate surface area is 207 Å². The molecule has 0 saturated carbocycles. The van der Waals surface area contributed by atoms with Crippen molar-refractivity contribution >= 4 is 53.0 Å². The molecule has 13 heteroatoms. The van der Waals surface area contributed by atoms with Crippen LogP contribution in [0.5, 0.6) is 17.2 Å². The highest BCUT2D eigenvalue weighted by molar-refractivity contribution is 8.04. The van der Waals surface area contributed by atoms with Crippen molar-refractivity contribution in [3.8, 4) is 28.6 Å². The van der Waals surface area contributed by atoms with Gasteiger partial charge in [-0.3, -0.25) is 5.10 Å². The van der Waals surface area contributed by atoms with Crippen LogP contribution in [0.1, 0.15) is 5.56 Å². The SMILES string of the molecule is COc1cc(OC)cc(-c2nc(S/C(=C\c3cc(Cl)c(OCC(=O)O)c(Cl)c3)C(=O)O)n[nH]2)c1. The number of nitrogens with zero attached hydrogens (tertiary/aromatic N) is 2. The van der Waals surface area contributed by atoms with E-state index in [0.717, 1.165) is 11.8 Å². The number of carboxylic acids is 2. The highest BCUT2D eigenvalue weighted by Crippen LogP contribution is 2.36. The average Bonchev–Trinajstić information content (AvgIpc) is 3.26. The van der Waals surface area contributed by atoms with E-state index >= 15 is 0 Å². The summed E-state index contributed by atoms with van der Waals surface area (Å²) < 4.78 is 15.6. The van der Waals surface area contributed by atoms with Crippen LogP contribution in [0.4, 0.5) is 0 Å². The summed E-state index contributed by atoms with van der Waals surface area (Å²) in [5, 5.41) is 25.4. The Morgan fingerprint density at radius 1 is 1.06 bits per heavy atom. The topological polar surface area (TPSA) is 144 Å². The molecule has 2 aromatic carbocycles. The Kier molecular flexibility index (Phi) is 8.26. The van der Waals surface area contributed by atoms with E-state index in [0.29, 0.717) is 28.5 Å². The summed E-state index contributed by atoms with van der Waals surface area (Å²) in [7, 11) is 3.04. The van der Waals surface area contributed by atoms with Gasteiger partial charge in [0.25, 0.3) is 0 Å². The van der Waals surface area contributed by atoms with Gasteiger partial charge in [0.15, 0.2) is 18.2 Å². The summed E-state index contributed by atoms with van der Waals surface area (Å²) in [5.41, 5.74) is 0.989. The number of carbonyl (C=O) groups is 2.